The predicted octanol–water partition coefficient (Wildman–Crippen LogP) is 2.34. The zero-order valence-corrected chi connectivity index (χ0v) is 18.1. The Morgan fingerprint density at radius 3 is 2.73 bits per heavy atom. The molecule has 30 heavy (non-hydrogen) atoms. The maximum absolute atomic E-state index is 6.07. The number of aliphatic imine (C=N–C) groups is 1. The molecule has 166 valence electrons. The van der Waals surface area contributed by atoms with Crippen LogP contribution in [0.5, 0.6) is 0 Å². The van der Waals surface area contributed by atoms with E-state index < -0.39 is 0 Å². The molecular weight excluding hydrogens is 382 g/mol. The SMILES string of the molecule is CN=C(NCc1cccc(COC2CCOCC2)c1)N1CCOC(C2CCCO2)C1. The number of hydrogen-bond acceptors (Lipinski definition) is 5. The Balaban J connectivity index is 1.27. The van der Waals surface area contributed by atoms with E-state index in [1.807, 2.05) is 7.05 Å². The molecule has 3 aliphatic heterocycles. The number of benzene rings is 1. The molecule has 2 atom stereocenters. The fourth-order valence-corrected chi connectivity index (χ4v) is 4.39. The smallest absolute Gasteiger partial charge is 0.194 e. The summed E-state index contributed by atoms with van der Waals surface area (Å²) in [6, 6.07) is 8.59. The molecule has 0 radical (unpaired) electrons. The van der Waals surface area contributed by atoms with E-state index in [9.17, 15) is 0 Å². The van der Waals surface area contributed by atoms with Gasteiger partial charge < -0.3 is 29.2 Å². The lowest BCUT2D eigenvalue weighted by molar-refractivity contribution is -0.0817. The predicted molar refractivity (Wildman–Crippen MR) is 116 cm³/mol. The second-order valence-electron chi connectivity index (χ2n) is 8.25. The first kappa shape index (κ1) is 21.6. The van der Waals surface area contributed by atoms with Gasteiger partial charge in [0.25, 0.3) is 0 Å². The van der Waals surface area contributed by atoms with Crippen molar-refractivity contribution in [3.63, 3.8) is 0 Å². The van der Waals surface area contributed by atoms with E-state index in [0.29, 0.717) is 19.3 Å². The number of rotatable bonds is 6. The van der Waals surface area contributed by atoms with Crippen molar-refractivity contribution in [1.29, 1.82) is 0 Å². The second kappa shape index (κ2) is 11.1. The van der Waals surface area contributed by atoms with Crippen molar-refractivity contribution in [3.05, 3.63) is 35.4 Å². The quantitative estimate of drug-likeness (QED) is 0.566. The van der Waals surface area contributed by atoms with Crippen LogP contribution >= 0.6 is 0 Å². The summed E-state index contributed by atoms with van der Waals surface area (Å²) in [6.45, 7) is 6.24. The standard InChI is InChI=1S/C23H35N3O4/c1-24-23(26-9-13-29-22(16-26)21-6-3-10-28-21)25-15-18-4-2-5-19(14-18)17-30-20-7-11-27-12-8-20/h2,4-5,14,20-22H,3,6-13,15-17H2,1H3,(H,24,25). The highest BCUT2D eigenvalue weighted by Crippen LogP contribution is 2.21. The molecule has 3 saturated heterocycles. The first-order chi connectivity index (χ1) is 14.8. The van der Waals surface area contributed by atoms with Gasteiger partial charge in [0.2, 0.25) is 0 Å². The molecule has 0 amide bonds. The van der Waals surface area contributed by atoms with Gasteiger partial charge in [0.15, 0.2) is 5.96 Å². The zero-order chi connectivity index (χ0) is 20.6. The van der Waals surface area contributed by atoms with Crippen molar-refractivity contribution in [2.24, 2.45) is 4.99 Å². The number of morpholine rings is 1. The average molecular weight is 418 g/mol. The molecule has 4 rings (SSSR count). The fraction of sp³-hybridized carbons (Fsp3) is 0.696. The van der Waals surface area contributed by atoms with Crippen LogP contribution in [-0.4, -0.2) is 75.7 Å². The summed E-state index contributed by atoms with van der Waals surface area (Å²) in [5.74, 6) is 0.921. The molecular formula is C23H35N3O4. The van der Waals surface area contributed by atoms with E-state index in [1.165, 1.54) is 11.1 Å². The highest BCUT2D eigenvalue weighted by atomic mass is 16.5. The Morgan fingerprint density at radius 1 is 1.10 bits per heavy atom. The number of hydrogen-bond donors (Lipinski definition) is 1. The van der Waals surface area contributed by atoms with Gasteiger partial charge in [-0.25, -0.2) is 0 Å². The average Bonchev–Trinajstić information content (AvgIpc) is 3.35. The summed E-state index contributed by atoms with van der Waals surface area (Å²) < 4.78 is 23.3. The maximum atomic E-state index is 6.07. The van der Waals surface area contributed by atoms with Crippen LogP contribution in [0.25, 0.3) is 0 Å². The molecule has 1 aromatic rings. The lowest BCUT2D eigenvalue weighted by Gasteiger charge is -2.37. The van der Waals surface area contributed by atoms with Crippen molar-refractivity contribution >= 4 is 5.96 Å². The minimum Gasteiger partial charge on any atom is -0.381 e. The van der Waals surface area contributed by atoms with Gasteiger partial charge in [-0.3, -0.25) is 4.99 Å². The molecule has 0 aliphatic carbocycles. The Morgan fingerprint density at radius 2 is 1.93 bits per heavy atom. The van der Waals surface area contributed by atoms with Crippen molar-refractivity contribution in [1.82, 2.24) is 10.2 Å². The molecule has 0 bridgehead atoms. The number of guanidine groups is 1. The van der Waals surface area contributed by atoms with Crippen LogP contribution < -0.4 is 5.32 Å². The molecule has 3 fully saturated rings. The van der Waals surface area contributed by atoms with Crippen LogP contribution in [0.2, 0.25) is 0 Å². The summed E-state index contributed by atoms with van der Waals surface area (Å²) in [7, 11) is 1.84. The van der Waals surface area contributed by atoms with Crippen molar-refractivity contribution in [2.45, 2.75) is 57.1 Å². The molecule has 0 saturated carbocycles. The fourth-order valence-electron chi connectivity index (χ4n) is 4.39. The number of nitrogens with zero attached hydrogens (tertiary/aromatic N) is 2. The first-order valence-corrected chi connectivity index (χ1v) is 11.3. The maximum Gasteiger partial charge on any atom is 0.194 e. The summed E-state index contributed by atoms with van der Waals surface area (Å²) in [4.78, 5) is 6.79. The van der Waals surface area contributed by atoms with Crippen LogP contribution in [-0.2, 0) is 32.1 Å². The van der Waals surface area contributed by atoms with E-state index in [-0.39, 0.29) is 12.2 Å². The molecule has 7 heteroatoms. The minimum atomic E-state index is 0.130. The van der Waals surface area contributed by atoms with Crippen molar-refractivity contribution in [2.75, 3.05) is 46.6 Å². The molecule has 0 aromatic heterocycles. The first-order valence-electron chi connectivity index (χ1n) is 11.3. The molecule has 2 unspecified atom stereocenters. The lowest BCUT2D eigenvalue weighted by Crippen LogP contribution is -2.53. The van der Waals surface area contributed by atoms with E-state index in [0.717, 1.165) is 71.1 Å². The topological polar surface area (TPSA) is 64.6 Å². The van der Waals surface area contributed by atoms with E-state index in [2.05, 4.69) is 39.5 Å². The Hall–Kier alpha value is -1.67. The van der Waals surface area contributed by atoms with E-state index in [1.54, 1.807) is 0 Å². The van der Waals surface area contributed by atoms with Crippen LogP contribution in [0.15, 0.2) is 29.3 Å². The van der Waals surface area contributed by atoms with E-state index in [4.69, 9.17) is 18.9 Å². The summed E-state index contributed by atoms with van der Waals surface area (Å²) in [5.41, 5.74) is 2.44. The number of ether oxygens (including phenoxy) is 4. The third kappa shape index (κ3) is 5.94. The third-order valence-electron chi connectivity index (χ3n) is 6.08. The Labute approximate surface area is 179 Å². The van der Waals surface area contributed by atoms with Crippen molar-refractivity contribution in [3.8, 4) is 0 Å². The summed E-state index contributed by atoms with van der Waals surface area (Å²) in [6.07, 6.45) is 4.87. The molecule has 7 nitrogen and oxygen atoms in total. The van der Waals surface area contributed by atoms with Gasteiger partial charge in [-0.1, -0.05) is 24.3 Å². The van der Waals surface area contributed by atoms with Crippen LogP contribution in [0, 0.1) is 0 Å². The van der Waals surface area contributed by atoms with Gasteiger partial charge in [-0.2, -0.15) is 0 Å². The van der Waals surface area contributed by atoms with Gasteiger partial charge in [0.1, 0.15) is 6.10 Å². The molecule has 1 N–H and O–H groups in total. The van der Waals surface area contributed by atoms with Gasteiger partial charge >= 0.3 is 0 Å². The Bertz CT molecular complexity index is 687. The zero-order valence-electron chi connectivity index (χ0n) is 18.1. The highest BCUT2D eigenvalue weighted by molar-refractivity contribution is 5.80. The summed E-state index contributed by atoms with van der Waals surface area (Å²) in [5, 5.41) is 3.52. The van der Waals surface area contributed by atoms with Gasteiger partial charge in [-0.05, 0) is 36.8 Å². The van der Waals surface area contributed by atoms with E-state index >= 15 is 0 Å². The van der Waals surface area contributed by atoms with Crippen LogP contribution in [0.4, 0.5) is 0 Å². The molecule has 0 spiro atoms. The highest BCUT2D eigenvalue weighted by Gasteiger charge is 2.32. The largest absolute Gasteiger partial charge is 0.381 e. The minimum absolute atomic E-state index is 0.130. The molecule has 3 aliphatic rings. The lowest BCUT2D eigenvalue weighted by atomic mass is 10.1. The Kier molecular flexibility index (Phi) is 7.97. The third-order valence-corrected chi connectivity index (χ3v) is 6.08. The van der Waals surface area contributed by atoms with Crippen LogP contribution in [0.3, 0.4) is 0 Å². The van der Waals surface area contributed by atoms with Gasteiger partial charge in [0, 0.05) is 46.5 Å². The summed E-state index contributed by atoms with van der Waals surface area (Å²) >= 11 is 0. The number of nitrogens with one attached hydrogen (secondary N) is 1. The molecule has 3 heterocycles. The monoisotopic (exact) mass is 417 g/mol. The van der Waals surface area contributed by atoms with Gasteiger partial charge in [-0.15, -0.1) is 0 Å². The van der Waals surface area contributed by atoms with Crippen LogP contribution in [0.1, 0.15) is 36.8 Å². The van der Waals surface area contributed by atoms with Crippen molar-refractivity contribution < 1.29 is 18.9 Å². The molecule has 1 aromatic carbocycles. The second-order valence-corrected chi connectivity index (χ2v) is 8.25. The normalized spacial score (nSPS) is 26.2. The van der Waals surface area contributed by atoms with Gasteiger partial charge in [0.05, 0.1) is 25.4 Å².